The SMILES string of the molecule is COC(=O)C1C(c2cc(C)n(-c3cccc(-c4ccccc4OC(F)(F)F)c3)n2)C1(C)C. The molecular formula is C24H23F3N2O3. The summed E-state index contributed by atoms with van der Waals surface area (Å²) >= 11 is 0. The van der Waals surface area contributed by atoms with Gasteiger partial charge in [-0.25, -0.2) is 4.68 Å². The fourth-order valence-corrected chi connectivity index (χ4v) is 4.39. The van der Waals surface area contributed by atoms with Crippen LogP contribution >= 0.6 is 0 Å². The second kappa shape index (κ2) is 7.69. The summed E-state index contributed by atoms with van der Waals surface area (Å²) in [6.45, 7) is 5.91. The highest BCUT2D eigenvalue weighted by atomic mass is 19.4. The molecule has 168 valence electrons. The number of carbonyl (C=O) groups is 1. The van der Waals surface area contributed by atoms with Crippen molar-refractivity contribution < 1.29 is 27.4 Å². The molecular weight excluding hydrogens is 421 g/mol. The third-order valence-electron chi connectivity index (χ3n) is 6.02. The van der Waals surface area contributed by atoms with E-state index in [-0.39, 0.29) is 29.0 Å². The summed E-state index contributed by atoms with van der Waals surface area (Å²) in [6.07, 6.45) is -4.78. The van der Waals surface area contributed by atoms with E-state index in [0.717, 1.165) is 11.4 Å². The Labute approximate surface area is 183 Å². The lowest BCUT2D eigenvalue weighted by molar-refractivity contribution is -0.274. The van der Waals surface area contributed by atoms with Crippen LogP contribution < -0.4 is 4.74 Å². The van der Waals surface area contributed by atoms with Crippen molar-refractivity contribution in [1.29, 1.82) is 0 Å². The van der Waals surface area contributed by atoms with Crippen molar-refractivity contribution in [2.75, 3.05) is 7.11 Å². The second-order valence-corrected chi connectivity index (χ2v) is 8.52. The summed E-state index contributed by atoms with van der Waals surface area (Å²) in [6, 6.07) is 15.0. The minimum absolute atomic E-state index is 0.0565. The van der Waals surface area contributed by atoms with Crippen molar-refractivity contribution in [2.24, 2.45) is 11.3 Å². The number of esters is 1. The smallest absolute Gasteiger partial charge is 0.469 e. The Morgan fingerprint density at radius 1 is 1.09 bits per heavy atom. The molecule has 5 nitrogen and oxygen atoms in total. The maximum Gasteiger partial charge on any atom is 0.573 e. The third kappa shape index (κ3) is 3.97. The molecule has 32 heavy (non-hydrogen) atoms. The van der Waals surface area contributed by atoms with E-state index in [0.29, 0.717) is 16.8 Å². The molecule has 0 radical (unpaired) electrons. The van der Waals surface area contributed by atoms with E-state index in [4.69, 9.17) is 9.84 Å². The van der Waals surface area contributed by atoms with E-state index in [9.17, 15) is 18.0 Å². The molecule has 2 atom stereocenters. The summed E-state index contributed by atoms with van der Waals surface area (Å²) in [7, 11) is 1.38. The number of aryl methyl sites for hydroxylation is 1. The molecule has 0 saturated heterocycles. The van der Waals surface area contributed by atoms with E-state index in [1.807, 2.05) is 32.9 Å². The Bertz CT molecular complexity index is 1170. The van der Waals surface area contributed by atoms with Gasteiger partial charge < -0.3 is 9.47 Å². The van der Waals surface area contributed by atoms with Crippen LogP contribution in [0.25, 0.3) is 16.8 Å². The molecule has 1 fully saturated rings. The van der Waals surface area contributed by atoms with Crippen LogP contribution in [0.1, 0.15) is 31.2 Å². The van der Waals surface area contributed by atoms with Gasteiger partial charge in [-0.3, -0.25) is 4.79 Å². The van der Waals surface area contributed by atoms with Crippen molar-refractivity contribution in [3.05, 3.63) is 66.0 Å². The monoisotopic (exact) mass is 444 g/mol. The standard InChI is InChI=1S/C24H23F3N2O3/c1-14-12-18(20-21(22(30)31-4)23(20,2)3)28-29(14)16-9-7-8-15(13-16)17-10-5-6-11-19(17)32-24(25,26)27/h5-13,20-21H,1-4H3. The highest BCUT2D eigenvalue weighted by molar-refractivity contribution is 5.79. The van der Waals surface area contributed by atoms with E-state index in [1.165, 1.54) is 19.2 Å². The number of hydrogen-bond donors (Lipinski definition) is 0. The normalized spacial score (nSPS) is 19.5. The van der Waals surface area contributed by atoms with Gasteiger partial charge in [0.05, 0.1) is 24.4 Å². The van der Waals surface area contributed by atoms with E-state index >= 15 is 0 Å². The van der Waals surface area contributed by atoms with E-state index in [2.05, 4.69) is 4.74 Å². The van der Waals surface area contributed by atoms with Gasteiger partial charge in [0, 0.05) is 17.2 Å². The maximum atomic E-state index is 12.8. The van der Waals surface area contributed by atoms with Crippen molar-refractivity contribution in [1.82, 2.24) is 9.78 Å². The molecule has 8 heteroatoms. The number of halogens is 3. The topological polar surface area (TPSA) is 53.4 Å². The lowest BCUT2D eigenvalue weighted by Crippen LogP contribution is -2.17. The number of alkyl halides is 3. The van der Waals surface area contributed by atoms with Crippen molar-refractivity contribution in [2.45, 2.75) is 33.1 Å². The van der Waals surface area contributed by atoms with E-state index in [1.54, 1.807) is 35.0 Å². The van der Waals surface area contributed by atoms with Crippen molar-refractivity contribution in [3.8, 4) is 22.6 Å². The van der Waals surface area contributed by atoms with Crippen LogP contribution in [-0.2, 0) is 9.53 Å². The van der Waals surface area contributed by atoms with Gasteiger partial charge in [-0.15, -0.1) is 13.2 Å². The van der Waals surface area contributed by atoms with Gasteiger partial charge in [0.1, 0.15) is 5.75 Å². The Morgan fingerprint density at radius 2 is 1.81 bits per heavy atom. The van der Waals surface area contributed by atoms with Crippen LogP contribution in [0.5, 0.6) is 5.75 Å². The number of methoxy groups -OCH3 is 1. The van der Waals surface area contributed by atoms with E-state index < -0.39 is 6.36 Å². The summed E-state index contributed by atoms with van der Waals surface area (Å²) in [5.41, 5.74) is 2.97. The first kappa shape index (κ1) is 21.9. The number of hydrogen-bond acceptors (Lipinski definition) is 4. The highest BCUT2D eigenvalue weighted by Crippen LogP contribution is 2.64. The van der Waals surface area contributed by atoms with Crippen LogP contribution in [0.4, 0.5) is 13.2 Å². The molecule has 1 aliphatic rings. The van der Waals surface area contributed by atoms with Gasteiger partial charge in [-0.1, -0.05) is 44.2 Å². The predicted octanol–water partition coefficient (Wildman–Crippen LogP) is 5.66. The number of aromatic nitrogens is 2. The zero-order chi connectivity index (χ0) is 23.3. The summed E-state index contributed by atoms with van der Waals surface area (Å²) in [4.78, 5) is 12.1. The summed E-state index contributed by atoms with van der Waals surface area (Å²) in [5, 5.41) is 4.72. The molecule has 1 heterocycles. The average molecular weight is 444 g/mol. The maximum absolute atomic E-state index is 12.8. The average Bonchev–Trinajstić information content (AvgIpc) is 3.10. The Kier molecular flexibility index (Phi) is 5.27. The van der Waals surface area contributed by atoms with Gasteiger partial charge in [0.2, 0.25) is 0 Å². The first-order chi connectivity index (χ1) is 15.0. The number of ether oxygens (including phenoxy) is 2. The lowest BCUT2D eigenvalue weighted by Gasteiger charge is -2.14. The molecule has 4 rings (SSSR count). The zero-order valence-electron chi connectivity index (χ0n) is 18.1. The number of rotatable bonds is 5. The summed E-state index contributed by atoms with van der Waals surface area (Å²) in [5.74, 6) is -0.835. The van der Waals surface area contributed by atoms with Gasteiger partial charge >= 0.3 is 12.3 Å². The van der Waals surface area contributed by atoms with Crippen LogP contribution in [0, 0.1) is 18.3 Å². The quantitative estimate of drug-likeness (QED) is 0.477. The van der Waals surface area contributed by atoms with Crippen molar-refractivity contribution in [3.63, 3.8) is 0 Å². The molecule has 1 aromatic heterocycles. The molecule has 2 aromatic carbocycles. The summed E-state index contributed by atoms with van der Waals surface area (Å²) < 4.78 is 49.3. The van der Waals surface area contributed by atoms with Gasteiger partial charge in [0.25, 0.3) is 0 Å². The fraction of sp³-hybridized carbons (Fsp3) is 0.333. The largest absolute Gasteiger partial charge is 0.573 e. The fourth-order valence-electron chi connectivity index (χ4n) is 4.39. The van der Waals surface area contributed by atoms with Crippen LogP contribution in [0.2, 0.25) is 0 Å². The molecule has 2 unspecified atom stereocenters. The lowest BCUT2D eigenvalue weighted by atomic mass is 10.0. The minimum atomic E-state index is -4.78. The van der Waals surface area contributed by atoms with Crippen LogP contribution in [0.3, 0.4) is 0 Å². The highest BCUT2D eigenvalue weighted by Gasteiger charge is 2.64. The number of benzene rings is 2. The zero-order valence-corrected chi connectivity index (χ0v) is 18.1. The third-order valence-corrected chi connectivity index (χ3v) is 6.02. The molecule has 0 amide bonds. The Hall–Kier alpha value is -3.29. The molecule has 1 saturated carbocycles. The molecule has 0 bridgehead atoms. The molecule has 1 aliphatic carbocycles. The number of para-hydroxylation sites is 1. The minimum Gasteiger partial charge on any atom is -0.469 e. The first-order valence-electron chi connectivity index (χ1n) is 10.1. The second-order valence-electron chi connectivity index (χ2n) is 8.52. The Morgan fingerprint density at radius 3 is 2.50 bits per heavy atom. The Balaban J connectivity index is 1.69. The first-order valence-corrected chi connectivity index (χ1v) is 10.1. The van der Waals surface area contributed by atoms with Crippen LogP contribution in [-0.4, -0.2) is 29.2 Å². The molecule has 0 aliphatic heterocycles. The predicted molar refractivity (Wildman–Crippen MR) is 112 cm³/mol. The van der Waals surface area contributed by atoms with Crippen LogP contribution in [0.15, 0.2) is 54.6 Å². The molecule has 0 spiro atoms. The molecule has 0 N–H and O–H groups in total. The van der Waals surface area contributed by atoms with Crippen molar-refractivity contribution >= 4 is 5.97 Å². The number of carbonyl (C=O) groups excluding carboxylic acids is 1. The molecule has 3 aromatic rings. The van der Waals surface area contributed by atoms with Gasteiger partial charge in [-0.2, -0.15) is 5.10 Å². The number of nitrogens with zero attached hydrogens (tertiary/aromatic N) is 2. The van der Waals surface area contributed by atoms with Gasteiger partial charge in [0.15, 0.2) is 0 Å². The van der Waals surface area contributed by atoms with Gasteiger partial charge in [-0.05, 0) is 42.2 Å².